The third kappa shape index (κ3) is 5.95. The van der Waals surface area contributed by atoms with Gasteiger partial charge in [0.1, 0.15) is 23.0 Å². The van der Waals surface area contributed by atoms with Crippen LogP contribution in [0.15, 0.2) is 82.6 Å². The zero-order valence-electron chi connectivity index (χ0n) is 23.6. The minimum atomic E-state index is -0.508. The molecule has 1 aliphatic heterocycles. The summed E-state index contributed by atoms with van der Waals surface area (Å²) in [5, 5.41) is 18.5. The molecule has 8 nitrogen and oxygen atoms in total. The second-order valence-electron chi connectivity index (χ2n) is 9.25. The van der Waals surface area contributed by atoms with E-state index in [4.69, 9.17) is 18.9 Å². The number of anilines is 1. The van der Waals surface area contributed by atoms with Crippen LogP contribution in [0.5, 0.6) is 23.0 Å². The number of likely N-dealkylation sites (N-methyl/N-ethyl adjacent to an activating group) is 1. The average Bonchev–Trinajstić information content (AvgIpc) is 3.21. The maximum atomic E-state index is 10.3. The number of ether oxygens (including phenoxy) is 4. The molecular weight excluding hydrogens is 553 g/mol. The van der Waals surface area contributed by atoms with E-state index < -0.39 is 5.41 Å². The molecule has 3 aromatic rings. The average molecular weight is 589 g/mol. The van der Waals surface area contributed by atoms with Gasteiger partial charge in [0.25, 0.3) is 0 Å². The number of rotatable bonds is 10. The van der Waals surface area contributed by atoms with Crippen LogP contribution in [0.4, 0.5) is 5.69 Å². The van der Waals surface area contributed by atoms with E-state index >= 15 is 0 Å². The van der Waals surface area contributed by atoms with Gasteiger partial charge in [0.05, 0.1) is 34.7 Å². The normalized spacial score (nSPS) is 17.5. The Bertz CT molecular complexity index is 1380. The van der Waals surface area contributed by atoms with Gasteiger partial charge in [-0.15, -0.1) is 5.10 Å². The van der Waals surface area contributed by atoms with Gasteiger partial charge in [-0.3, -0.25) is 0 Å². The van der Waals surface area contributed by atoms with Gasteiger partial charge in [0, 0.05) is 63.4 Å². The van der Waals surface area contributed by atoms with E-state index in [0.717, 1.165) is 34.8 Å². The van der Waals surface area contributed by atoms with Crippen molar-refractivity contribution in [3.63, 3.8) is 0 Å². The van der Waals surface area contributed by atoms with E-state index in [0.29, 0.717) is 29.2 Å². The van der Waals surface area contributed by atoms with E-state index in [1.165, 1.54) is 0 Å². The van der Waals surface area contributed by atoms with Crippen molar-refractivity contribution in [3.8, 4) is 23.0 Å². The molecule has 0 amide bonds. The molecule has 1 unspecified atom stereocenters. The fourth-order valence-electron chi connectivity index (χ4n) is 5.13. The summed E-state index contributed by atoms with van der Waals surface area (Å²) in [4.78, 5) is 2.25. The number of hydrogen-bond acceptors (Lipinski definition) is 7. The van der Waals surface area contributed by atoms with Crippen molar-refractivity contribution in [2.45, 2.75) is 25.7 Å². The molecule has 1 radical (unpaired) electrons. The molecule has 1 N–H and O–H groups in total. The Labute approximate surface area is 246 Å². The number of hydrogen-bond donors (Lipinski definition) is 1. The molecule has 1 heterocycles. The summed E-state index contributed by atoms with van der Waals surface area (Å²) in [5.41, 5.74) is 4.22. The molecular formula is C31H35CoN3O5. The van der Waals surface area contributed by atoms with Crippen molar-refractivity contribution in [2.24, 2.45) is 10.2 Å². The van der Waals surface area contributed by atoms with Crippen molar-refractivity contribution >= 4 is 17.8 Å². The topological polar surface area (TPSA) is 85.1 Å². The first-order valence-electron chi connectivity index (χ1n) is 12.7. The smallest absolute Gasteiger partial charge is 0.238 e. The summed E-state index contributed by atoms with van der Waals surface area (Å²) in [6.45, 7) is 5.04. The zero-order chi connectivity index (χ0) is 28.0. The van der Waals surface area contributed by atoms with Gasteiger partial charge in [-0.2, -0.15) is 5.10 Å². The first kappa shape index (κ1) is 30.6. The molecule has 3 aromatic carbocycles. The molecule has 0 aromatic heterocycles. The van der Waals surface area contributed by atoms with Gasteiger partial charge in [0.15, 0.2) is 0 Å². The number of aliphatic hydroxyl groups is 1. The summed E-state index contributed by atoms with van der Waals surface area (Å²) in [6.07, 6.45) is 4.12. The van der Waals surface area contributed by atoms with Crippen molar-refractivity contribution in [1.29, 1.82) is 0 Å². The van der Waals surface area contributed by atoms with Crippen LogP contribution < -0.4 is 23.8 Å². The summed E-state index contributed by atoms with van der Waals surface area (Å²) in [5.74, 6) is 2.64. The van der Waals surface area contributed by atoms with Crippen molar-refractivity contribution in [2.75, 3.05) is 39.9 Å². The number of aliphatic hydroxyl groups excluding tert-OH is 1. The number of fused-ring (bicyclic) bond motifs is 1. The Morgan fingerprint density at radius 1 is 0.900 bits per heavy atom. The fraction of sp³-hybridized carbons (Fsp3) is 0.290. The summed E-state index contributed by atoms with van der Waals surface area (Å²) in [6, 6.07) is 19.0. The van der Waals surface area contributed by atoms with Crippen molar-refractivity contribution in [3.05, 3.63) is 89.1 Å². The molecule has 213 valence electrons. The van der Waals surface area contributed by atoms with Gasteiger partial charge in [0.2, 0.25) is 5.90 Å². The summed E-state index contributed by atoms with van der Waals surface area (Å²) in [7, 11) is 6.57. The second-order valence-corrected chi connectivity index (χ2v) is 9.25. The quantitative estimate of drug-likeness (QED) is 0.180. The first-order valence-corrected chi connectivity index (χ1v) is 12.7. The van der Waals surface area contributed by atoms with E-state index in [9.17, 15) is 5.11 Å². The molecule has 0 aliphatic carbocycles. The number of allylic oxidation sites excluding steroid dienone is 2. The maximum absolute atomic E-state index is 10.3. The van der Waals surface area contributed by atoms with Crippen LogP contribution in [-0.2, 0) is 28.6 Å². The molecule has 0 saturated heterocycles. The van der Waals surface area contributed by atoms with Gasteiger partial charge >= 0.3 is 0 Å². The second kappa shape index (κ2) is 13.4. The molecule has 0 fully saturated rings. The molecule has 0 bridgehead atoms. The van der Waals surface area contributed by atoms with E-state index in [1.54, 1.807) is 46.8 Å². The molecule has 0 saturated carbocycles. The van der Waals surface area contributed by atoms with Crippen LogP contribution in [0, 0.1) is 0 Å². The van der Waals surface area contributed by atoms with Crippen LogP contribution >= 0.6 is 0 Å². The molecule has 40 heavy (non-hydrogen) atoms. The number of benzene rings is 3. The molecule has 9 heteroatoms. The monoisotopic (exact) mass is 588 g/mol. The van der Waals surface area contributed by atoms with Gasteiger partial charge in [-0.05, 0) is 62.2 Å². The molecule has 1 aliphatic rings. The molecule has 0 spiro atoms. The summed E-state index contributed by atoms with van der Waals surface area (Å²) >= 11 is 0. The van der Waals surface area contributed by atoms with E-state index in [1.807, 2.05) is 42.5 Å². The molecule has 4 rings (SSSR count). The maximum Gasteiger partial charge on any atom is 0.238 e. The Morgan fingerprint density at radius 3 is 2.12 bits per heavy atom. The van der Waals surface area contributed by atoms with Crippen LogP contribution in [0.25, 0.3) is 0 Å². The van der Waals surface area contributed by atoms with Crippen LogP contribution in [0.3, 0.4) is 0 Å². The fourth-order valence-corrected chi connectivity index (χ4v) is 5.13. The van der Waals surface area contributed by atoms with Gasteiger partial charge in [-0.25, -0.2) is 0 Å². The Balaban J connectivity index is 0.00000441. The van der Waals surface area contributed by atoms with E-state index in [2.05, 4.69) is 41.1 Å². The van der Waals surface area contributed by atoms with Crippen LogP contribution in [-0.4, -0.2) is 52.2 Å². The van der Waals surface area contributed by atoms with E-state index in [-0.39, 0.29) is 22.7 Å². The van der Waals surface area contributed by atoms with Crippen LogP contribution in [0.1, 0.15) is 30.5 Å². The number of methoxy groups -OCH3 is 4. The predicted octanol–water partition coefficient (Wildman–Crippen LogP) is 5.93. The minimum absolute atomic E-state index is 0. The molecule has 1 atom stereocenters. The first-order chi connectivity index (χ1) is 18.9. The summed E-state index contributed by atoms with van der Waals surface area (Å²) < 4.78 is 22.6. The minimum Gasteiger partial charge on any atom is -0.497 e. The third-order valence-corrected chi connectivity index (χ3v) is 7.09. The standard InChI is InChI=1S/C31H35N3O5.Co/c1-7-34-26-14-13-22(36-3)17-25(26)31(2,20-24-27(38-5)18-23(37-4)19-28(24)39-6)29(34)15-16-32-33-30(35)21-11-9-8-10-12-21;/h8-19H,7,20H2,1-6H3,(H,33,35);/b29-15-,32-16+;. The Morgan fingerprint density at radius 2 is 1.55 bits per heavy atom. The Kier molecular flexibility index (Phi) is 10.3. The van der Waals surface area contributed by atoms with Crippen LogP contribution in [0.2, 0.25) is 0 Å². The Hall–Kier alpha value is -3.95. The third-order valence-electron chi connectivity index (χ3n) is 7.09. The van der Waals surface area contributed by atoms with Crippen molar-refractivity contribution in [1.82, 2.24) is 0 Å². The number of nitrogens with zero attached hydrogens (tertiary/aromatic N) is 3. The largest absolute Gasteiger partial charge is 0.497 e. The van der Waals surface area contributed by atoms with Crippen molar-refractivity contribution < 1.29 is 40.8 Å². The SMILES string of the molecule is CCN1\C(=C/C=N/N=C(\O)c2ccccc2)C(C)(Cc2c(OC)cc(OC)cc2OC)c2cc(OC)ccc21.[Co]. The van der Waals surface area contributed by atoms with Gasteiger partial charge < -0.3 is 29.0 Å². The van der Waals surface area contributed by atoms with Gasteiger partial charge in [-0.1, -0.05) is 18.2 Å². The zero-order valence-corrected chi connectivity index (χ0v) is 24.6. The predicted molar refractivity (Wildman–Crippen MR) is 155 cm³/mol.